The maximum absolute atomic E-state index is 12.9. The number of carbonyl (C=O) groups excluding carboxylic acids is 1. The minimum atomic E-state index is -3.76. The zero-order valence-electron chi connectivity index (χ0n) is 17.4. The molecule has 2 aromatic rings. The molecule has 2 aliphatic rings. The Labute approximate surface area is 187 Å². The maximum Gasteiger partial charge on any atom is 0.243 e. The van der Waals surface area contributed by atoms with Gasteiger partial charge in [0.2, 0.25) is 32.7 Å². The fourth-order valence-electron chi connectivity index (χ4n) is 3.58. The fourth-order valence-corrected chi connectivity index (χ4v) is 5.87. The number of benzene rings is 2. The number of anilines is 1. The molecule has 0 radical (unpaired) electrons. The Morgan fingerprint density at radius 3 is 2.25 bits per heavy atom. The highest BCUT2D eigenvalue weighted by molar-refractivity contribution is 7.92. The summed E-state index contributed by atoms with van der Waals surface area (Å²) in [5, 5.41) is 0. The van der Waals surface area contributed by atoms with Crippen LogP contribution in [0.25, 0.3) is 0 Å². The molecule has 12 heteroatoms. The van der Waals surface area contributed by atoms with Crippen LogP contribution in [0.15, 0.2) is 53.4 Å². The highest BCUT2D eigenvalue weighted by Crippen LogP contribution is 2.36. The highest BCUT2D eigenvalue weighted by atomic mass is 32.2. The summed E-state index contributed by atoms with van der Waals surface area (Å²) >= 11 is 0. The third-order valence-corrected chi connectivity index (χ3v) is 8.35. The summed E-state index contributed by atoms with van der Waals surface area (Å²) in [4.78, 5) is 14.6. The van der Waals surface area contributed by atoms with E-state index < -0.39 is 32.5 Å². The number of rotatable bonds is 6. The van der Waals surface area contributed by atoms with Gasteiger partial charge in [0.15, 0.2) is 11.5 Å². The van der Waals surface area contributed by atoms with E-state index in [4.69, 9.17) is 9.47 Å². The second-order valence-corrected chi connectivity index (χ2v) is 11.2. The number of hydrogen-bond acceptors (Lipinski definition) is 7. The van der Waals surface area contributed by atoms with Crippen molar-refractivity contribution >= 4 is 31.6 Å². The summed E-state index contributed by atoms with van der Waals surface area (Å²) in [6, 6.07) is 12.8. The molecule has 4 rings (SSSR count). The van der Waals surface area contributed by atoms with E-state index in [0.717, 1.165) is 10.6 Å². The summed E-state index contributed by atoms with van der Waals surface area (Å²) in [5.74, 6) is 0.498. The summed E-state index contributed by atoms with van der Waals surface area (Å²) in [6.45, 7) is 0.252. The smallest absolute Gasteiger partial charge is 0.243 e. The number of hydrogen-bond donors (Lipinski definition) is 0. The Hall–Kier alpha value is -2.83. The van der Waals surface area contributed by atoms with Crippen LogP contribution in [-0.4, -0.2) is 77.7 Å². The Bertz CT molecular complexity index is 1210. The minimum Gasteiger partial charge on any atom is -0.454 e. The molecule has 0 unspecified atom stereocenters. The van der Waals surface area contributed by atoms with Crippen molar-refractivity contribution in [2.45, 2.75) is 4.90 Å². The van der Waals surface area contributed by atoms with Crippen LogP contribution in [0, 0.1) is 0 Å². The topological polar surface area (TPSA) is 114 Å². The number of piperazine rings is 1. The average molecular weight is 482 g/mol. The molecule has 0 saturated carbocycles. The average Bonchev–Trinajstić information content (AvgIpc) is 3.25. The largest absolute Gasteiger partial charge is 0.454 e. The van der Waals surface area contributed by atoms with E-state index in [9.17, 15) is 21.6 Å². The van der Waals surface area contributed by atoms with Gasteiger partial charge in [-0.15, -0.1) is 0 Å². The zero-order valence-corrected chi connectivity index (χ0v) is 19.0. The lowest BCUT2D eigenvalue weighted by Gasteiger charge is -2.35. The molecule has 172 valence electrons. The maximum atomic E-state index is 12.9. The lowest BCUT2D eigenvalue weighted by Crippen LogP contribution is -2.53. The van der Waals surface area contributed by atoms with E-state index in [1.54, 1.807) is 30.3 Å². The first kappa shape index (κ1) is 22.4. The van der Waals surface area contributed by atoms with Crippen LogP contribution < -0.4 is 13.8 Å². The highest BCUT2D eigenvalue weighted by Gasteiger charge is 2.32. The lowest BCUT2D eigenvalue weighted by atomic mass is 10.2. The van der Waals surface area contributed by atoms with Crippen LogP contribution in [0.5, 0.6) is 11.5 Å². The van der Waals surface area contributed by atoms with Crippen molar-refractivity contribution in [3.05, 3.63) is 48.5 Å². The van der Waals surface area contributed by atoms with E-state index in [0.29, 0.717) is 11.5 Å². The molecule has 1 fully saturated rings. The second kappa shape index (κ2) is 8.60. The molecule has 1 amide bonds. The molecule has 2 aromatic carbocycles. The van der Waals surface area contributed by atoms with Crippen molar-refractivity contribution < 1.29 is 31.1 Å². The quantitative estimate of drug-likeness (QED) is 0.597. The van der Waals surface area contributed by atoms with Crippen molar-refractivity contribution in [2.24, 2.45) is 0 Å². The molecular formula is C20H23N3O7S2. The molecule has 0 N–H and O–H groups in total. The van der Waals surface area contributed by atoms with Gasteiger partial charge in [-0.3, -0.25) is 9.10 Å². The van der Waals surface area contributed by atoms with Crippen molar-refractivity contribution in [1.29, 1.82) is 0 Å². The van der Waals surface area contributed by atoms with Gasteiger partial charge in [0.1, 0.15) is 6.54 Å². The Kier molecular flexibility index (Phi) is 6.01. The molecule has 32 heavy (non-hydrogen) atoms. The van der Waals surface area contributed by atoms with Crippen LogP contribution in [0.3, 0.4) is 0 Å². The minimum absolute atomic E-state index is 0.0484. The van der Waals surface area contributed by atoms with Gasteiger partial charge in [0.25, 0.3) is 0 Å². The van der Waals surface area contributed by atoms with Crippen molar-refractivity contribution in [3.63, 3.8) is 0 Å². The van der Waals surface area contributed by atoms with Crippen LogP contribution >= 0.6 is 0 Å². The molecule has 0 aromatic heterocycles. The molecular weight excluding hydrogens is 458 g/mol. The monoisotopic (exact) mass is 481 g/mol. The predicted molar refractivity (Wildman–Crippen MR) is 117 cm³/mol. The van der Waals surface area contributed by atoms with E-state index >= 15 is 0 Å². The van der Waals surface area contributed by atoms with Gasteiger partial charge in [-0.05, 0) is 24.3 Å². The van der Waals surface area contributed by atoms with Crippen LogP contribution in [0.2, 0.25) is 0 Å². The van der Waals surface area contributed by atoms with E-state index in [-0.39, 0.29) is 43.6 Å². The zero-order chi connectivity index (χ0) is 22.9. The molecule has 0 atom stereocenters. The predicted octanol–water partition coefficient (Wildman–Crippen LogP) is 0.714. The van der Waals surface area contributed by atoms with Crippen molar-refractivity contribution in [2.75, 3.05) is 50.1 Å². The molecule has 10 nitrogen and oxygen atoms in total. The molecule has 0 aliphatic carbocycles. The summed E-state index contributed by atoms with van der Waals surface area (Å²) < 4.78 is 63.2. The Morgan fingerprint density at radius 1 is 0.938 bits per heavy atom. The Balaban J connectivity index is 1.44. The number of sulfonamides is 2. The van der Waals surface area contributed by atoms with Gasteiger partial charge in [-0.2, -0.15) is 4.31 Å². The molecule has 2 aliphatic heterocycles. The molecule has 2 heterocycles. The summed E-state index contributed by atoms with van der Waals surface area (Å²) in [7, 11) is -7.40. The first-order valence-corrected chi connectivity index (χ1v) is 13.2. The number of amides is 1. The SMILES string of the molecule is CS(=O)(=O)N(CC(=O)N1CCN(S(=O)(=O)c2ccccc2)CC1)c1ccc2c(c1)OCO2. The van der Waals surface area contributed by atoms with Gasteiger partial charge in [-0.1, -0.05) is 18.2 Å². The van der Waals surface area contributed by atoms with Gasteiger partial charge < -0.3 is 14.4 Å². The standard InChI is InChI=1S/C20H23N3O7S2/c1-31(25,26)23(16-7-8-18-19(13-16)30-15-29-18)14-20(24)21-9-11-22(12-10-21)32(27,28)17-5-3-2-4-6-17/h2-8,13H,9-12,14-15H2,1H3. The van der Waals surface area contributed by atoms with Gasteiger partial charge in [-0.25, -0.2) is 16.8 Å². The second-order valence-electron chi connectivity index (χ2n) is 7.41. The number of fused-ring (bicyclic) bond motifs is 1. The molecule has 0 spiro atoms. The normalized spacial score (nSPS) is 16.7. The third kappa shape index (κ3) is 4.52. The number of ether oxygens (including phenoxy) is 2. The first-order chi connectivity index (χ1) is 15.2. The van der Waals surface area contributed by atoms with Crippen molar-refractivity contribution in [1.82, 2.24) is 9.21 Å². The third-order valence-electron chi connectivity index (χ3n) is 5.30. The fraction of sp³-hybridized carbons (Fsp3) is 0.350. The summed E-state index contributed by atoms with van der Waals surface area (Å²) in [6.07, 6.45) is 1.02. The summed E-state index contributed by atoms with van der Waals surface area (Å²) in [5.41, 5.74) is 0.287. The molecule has 1 saturated heterocycles. The van der Waals surface area contributed by atoms with Gasteiger partial charge in [0, 0.05) is 32.2 Å². The van der Waals surface area contributed by atoms with E-state index in [2.05, 4.69) is 0 Å². The van der Waals surface area contributed by atoms with Crippen LogP contribution in [0.1, 0.15) is 0 Å². The van der Waals surface area contributed by atoms with E-state index in [1.165, 1.54) is 27.4 Å². The van der Waals surface area contributed by atoms with Crippen LogP contribution in [0.4, 0.5) is 5.69 Å². The van der Waals surface area contributed by atoms with Crippen LogP contribution in [-0.2, 0) is 24.8 Å². The van der Waals surface area contributed by atoms with Gasteiger partial charge >= 0.3 is 0 Å². The number of carbonyl (C=O) groups is 1. The van der Waals surface area contributed by atoms with Gasteiger partial charge in [0.05, 0.1) is 16.8 Å². The lowest BCUT2D eigenvalue weighted by molar-refractivity contribution is -0.130. The number of nitrogens with zero attached hydrogens (tertiary/aromatic N) is 3. The Morgan fingerprint density at radius 2 is 1.59 bits per heavy atom. The first-order valence-electron chi connectivity index (χ1n) is 9.86. The molecule has 0 bridgehead atoms. The van der Waals surface area contributed by atoms with E-state index in [1.807, 2.05) is 0 Å². The van der Waals surface area contributed by atoms with Crippen molar-refractivity contribution in [3.8, 4) is 11.5 Å².